The van der Waals surface area contributed by atoms with Gasteiger partial charge in [-0.3, -0.25) is 0 Å². The summed E-state index contributed by atoms with van der Waals surface area (Å²) in [6.07, 6.45) is -0.130. The molecule has 2 aliphatic rings. The van der Waals surface area contributed by atoms with Gasteiger partial charge in [0.2, 0.25) is 0 Å². The predicted octanol–water partition coefficient (Wildman–Crippen LogP) is 2.05. The highest BCUT2D eigenvalue weighted by Crippen LogP contribution is 2.70. The lowest BCUT2D eigenvalue weighted by Gasteiger charge is -2.04. The van der Waals surface area contributed by atoms with E-state index < -0.39 is 0 Å². The van der Waals surface area contributed by atoms with Crippen LogP contribution < -0.4 is 0 Å². The smallest absolute Gasteiger partial charge is 0.0270 e. The second-order valence-corrected chi connectivity index (χ2v) is 3.26. The molecule has 40 valence electrons. The van der Waals surface area contributed by atoms with Crippen LogP contribution in [0.2, 0.25) is 0 Å². The summed E-state index contributed by atoms with van der Waals surface area (Å²) in [5.41, 5.74) is 0.346. The van der Waals surface area contributed by atoms with Crippen LogP contribution in [0.25, 0.3) is 0 Å². The molecular formula is C7H12. The van der Waals surface area contributed by atoms with Crippen molar-refractivity contribution in [1.82, 2.24) is 0 Å². The maximum absolute atomic E-state index is 7.44. The average Bonchev–Trinajstić information content (AvgIpc) is 2.29. The van der Waals surface area contributed by atoms with Gasteiger partial charge in [-0.1, -0.05) is 13.8 Å². The van der Waals surface area contributed by atoms with Crippen molar-refractivity contribution in [3.8, 4) is 0 Å². The second-order valence-electron chi connectivity index (χ2n) is 3.26. The van der Waals surface area contributed by atoms with Crippen molar-refractivity contribution in [3.05, 3.63) is 0 Å². The Morgan fingerprint density at radius 3 is 2.00 bits per heavy atom. The Labute approximate surface area is 47.7 Å². The maximum atomic E-state index is 7.44. The highest BCUT2D eigenvalue weighted by molar-refractivity contribution is 5.11. The molecule has 0 N–H and O–H groups in total. The molecular weight excluding hydrogens is 84.1 g/mol. The van der Waals surface area contributed by atoms with Crippen molar-refractivity contribution in [2.24, 2.45) is 17.3 Å². The summed E-state index contributed by atoms with van der Waals surface area (Å²) in [5.74, 6) is 1.14. The summed E-state index contributed by atoms with van der Waals surface area (Å²) in [6.45, 7) is 4.36. The molecule has 0 saturated heterocycles. The highest BCUT2D eigenvalue weighted by Gasteiger charge is 2.62. The fourth-order valence-corrected chi connectivity index (χ4v) is 1.55. The van der Waals surface area contributed by atoms with Gasteiger partial charge in [0.1, 0.15) is 0 Å². The molecule has 0 heterocycles. The molecule has 0 aliphatic heterocycles. The van der Waals surface area contributed by atoms with Crippen molar-refractivity contribution < 1.29 is 2.74 Å². The van der Waals surface area contributed by atoms with Gasteiger partial charge < -0.3 is 0 Å². The fraction of sp³-hybridized carbons (Fsp3) is 1.00. The molecule has 7 heavy (non-hydrogen) atoms. The second kappa shape index (κ2) is 0.765. The summed E-state index contributed by atoms with van der Waals surface area (Å²) >= 11 is 0. The van der Waals surface area contributed by atoms with E-state index in [0.29, 0.717) is 17.3 Å². The van der Waals surface area contributed by atoms with E-state index in [1.165, 1.54) is 0 Å². The first-order chi connectivity index (χ1) is 4.07. The van der Waals surface area contributed by atoms with Gasteiger partial charge in [-0.2, -0.15) is 0 Å². The first-order valence-corrected chi connectivity index (χ1v) is 2.91. The van der Waals surface area contributed by atoms with E-state index in [4.69, 9.17) is 2.74 Å². The topological polar surface area (TPSA) is 0 Å². The van der Waals surface area contributed by atoms with Crippen LogP contribution in [0, 0.1) is 17.3 Å². The van der Waals surface area contributed by atoms with Gasteiger partial charge in [0.05, 0.1) is 0 Å². The van der Waals surface area contributed by atoms with Crippen molar-refractivity contribution in [3.63, 3.8) is 0 Å². The average molecular weight is 98.2 g/mol. The van der Waals surface area contributed by atoms with Gasteiger partial charge in [-0.25, -0.2) is 0 Å². The monoisotopic (exact) mass is 98.1 g/mol. The van der Waals surface area contributed by atoms with Crippen LogP contribution in [0.3, 0.4) is 0 Å². The first-order valence-electron chi connectivity index (χ1n) is 4.07. The molecule has 2 fully saturated rings. The minimum atomic E-state index is -0.0648. The van der Waals surface area contributed by atoms with Crippen molar-refractivity contribution in [2.45, 2.75) is 26.6 Å². The van der Waals surface area contributed by atoms with Gasteiger partial charge in [0, 0.05) is 2.74 Å². The van der Waals surface area contributed by atoms with Crippen LogP contribution in [-0.2, 0) is 0 Å². The molecule has 2 aliphatic carbocycles. The van der Waals surface area contributed by atoms with E-state index in [0.717, 1.165) is 0 Å². The van der Waals surface area contributed by atoms with Crippen LogP contribution in [0.4, 0.5) is 0 Å². The number of hydrogen-bond donors (Lipinski definition) is 0. The van der Waals surface area contributed by atoms with E-state index in [-0.39, 0.29) is 12.8 Å². The molecule has 0 spiro atoms. The standard InChI is InChI=1S/C7H12/c1-7(2)5-3-4-6(5)7/h5-6H,3-4H2,1-2H3/t5-,6+/i3D,4D/t3-,4+,5+,6-. The third kappa shape index (κ3) is 0.266. The van der Waals surface area contributed by atoms with E-state index in [1.807, 2.05) is 0 Å². The molecule has 2 saturated carbocycles. The molecule has 0 unspecified atom stereocenters. The Balaban J connectivity index is 2.15. The zero-order valence-electron chi connectivity index (χ0n) is 6.81. The molecule has 0 radical (unpaired) electrons. The summed E-state index contributed by atoms with van der Waals surface area (Å²) in [6, 6.07) is 0. The first kappa shape index (κ1) is 2.52. The number of rotatable bonds is 0. The maximum Gasteiger partial charge on any atom is 0.0270 e. The molecule has 0 nitrogen and oxygen atoms in total. The Hall–Kier alpha value is 0. The third-order valence-corrected chi connectivity index (χ3v) is 2.52. The van der Waals surface area contributed by atoms with E-state index in [9.17, 15) is 0 Å². The van der Waals surface area contributed by atoms with Crippen molar-refractivity contribution >= 4 is 0 Å². The van der Waals surface area contributed by atoms with Crippen LogP contribution in [0.1, 0.15) is 29.4 Å². The predicted molar refractivity (Wildman–Crippen MR) is 30.0 cm³/mol. The van der Waals surface area contributed by atoms with E-state index >= 15 is 0 Å². The quantitative estimate of drug-likeness (QED) is 0.435. The minimum absolute atomic E-state index is 0.0648. The Bertz CT molecular complexity index is 137. The van der Waals surface area contributed by atoms with Gasteiger partial charge in [0.25, 0.3) is 0 Å². The molecule has 0 heteroatoms. The minimum Gasteiger partial charge on any atom is -0.0594 e. The summed E-state index contributed by atoms with van der Waals surface area (Å²) in [5, 5.41) is 0. The lowest BCUT2D eigenvalue weighted by Crippen LogP contribution is -1.93. The molecule has 2 rings (SSSR count). The van der Waals surface area contributed by atoms with E-state index in [2.05, 4.69) is 13.8 Å². The van der Waals surface area contributed by atoms with Crippen LogP contribution in [0.5, 0.6) is 0 Å². The fourth-order valence-electron chi connectivity index (χ4n) is 1.55. The van der Waals surface area contributed by atoms with Crippen molar-refractivity contribution in [1.29, 1.82) is 0 Å². The normalized spacial score (nSPS) is 77.4. The number of fused-ring (bicyclic) bond motifs is 1. The number of hydrogen-bond acceptors (Lipinski definition) is 0. The van der Waals surface area contributed by atoms with Crippen LogP contribution >= 0.6 is 0 Å². The summed E-state index contributed by atoms with van der Waals surface area (Å²) in [7, 11) is 0. The summed E-state index contributed by atoms with van der Waals surface area (Å²) in [4.78, 5) is 0. The van der Waals surface area contributed by atoms with Crippen LogP contribution in [0.15, 0.2) is 0 Å². The van der Waals surface area contributed by atoms with Crippen molar-refractivity contribution in [2.75, 3.05) is 0 Å². The Morgan fingerprint density at radius 1 is 1.43 bits per heavy atom. The van der Waals surface area contributed by atoms with Crippen LogP contribution in [-0.4, -0.2) is 0 Å². The van der Waals surface area contributed by atoms with E-state index in [1.54, 1.807) is 0 Å². The summed E-state index contributed by atoms with van der Waals surface area (Å²) < 4.78 is 14.9. The van der Waals surface area contributed by atoms with Gasteiger partial charge >= 0.3 is 0 Å². The molecule has 0 aromatic rings. The van der Waals surface area contributed by atoms with Gasteiger partial charge in [-0.15, -0.1) is 0 Å². The largest absolute Gasteiger partial charge is 0.0594 e. The Kier molecular flexibility index (Phi) is 0.276. The Morgan fingerprint density at radius 2 is 1.86 bits per heavy atom. The molecule has 0 bridgehead atoms. The van der Waals surface area contributed by atoms with Gasteiger partial charge in [0.15, 0.2) is 0 Å². The lowest BCUT2D eigenvalue weighted by molar-refractivity contribution is 0.468. The molecule has 0 aromatic carbocycles. The van der Waals surface area contributed by atoms with Gasteiger partial charge in [-0.05, 0) is 30.0 Å². The highest BCUT2D eigenvalue weighted by atomic mass is 14.7. The lowest BCUT2D eigenvalue weighted by atomic mass is 10.0. The SMILES string of the molecule is [2H][C@@H]1[C@H]([2H])[C@@H]2[C@H]1C2(C)C. The molecule has 4 atom stereocenters. The molecule has 0 aromatic heterocycles. The zero-order chi connectivity index (χ0) is 6.81. The third-order valence-electron chi connectivity index (χ3n) is 2.52. The molecule has 0 amide bonds. The zero-order valence-corrected chi connectivity index (χ0v) is 4.81.